The fraction of sp³-hybridized carbons (Fsp3) is 0.143. The van der Waals surface area contributed by atoms with Gasteiger partial charge in [-0.15, -0.1) is 0 Å². The number of hydrogen-bond donors (Lipinski definition) is 2. The molecule has 0 atom stereocenters. The van der Waals surface area contributed by atoms with E-state index in [1.165, 1.54) is 0 Å². The van der Waals surface area contributed by atoms with Crippen molar-refractivity contribution in [1.29, 1.82) is 0 Å². The van der Waals surface area contributed by atoms with Crippen molar-refractivity contribution < 1.29 is 8.42 Å². The summed E-state index contributed by atoms with van der Waals surface area (Å²) >= 11 is 6.37. The molecule has 4 rings (SSSR count). The van der Waals surface area contributed by atoms with Crippen LogP contribution in [0.5, 0.6) is 0 Å². The van der Waals surface area contributed by atoms with Crippen LogP contribution in [0.25, 0.3) is 16.9 Å². The lowest BCUT2D eigenvalue weighted by Gasteiger charge is -2.12. The van der Waals surface area contributed by atoms with Crippen LogP contribution in [0.2, 0.25) is 5.02 Å². The summed E-state index contributed by atoms with van der Waals surface area (Å²) in [5.41, 5.74) is 4.32. The van der Waals surface area contributed by atoms with Crippen LogP contribution >= 0.6 is 11.6 Å². The summed E-state index contributed by atoms with van der Waals surface area (Å²) in [6.07, 6.45) is 2.70. The van der Waals surface area contributed by atoms with E-state index in [1.54, 1.807) is 10.7 Å². The molecule has 31 heavy (non-hydrogen) atoms. The molecule has 4 aromatic rings. The van der Waals surface area contributed by atoms with Gasteiger partial charge >= 0.3 is 0 Å². The fourth-order valence-corrected chi connectivity index (χ4v) is 3.83. The Morgan fingerprint density at radius 1 is 1.06 bits per heavy atom. The minimum atomic E-state index is -3.25. The molecular formula is C21H19BClN5O2S. The largest absolute Gasteiger partial charge is 0.366 e. The topological polar surface area (TPSA) is 88.4 Å². The van der Waals surface area contributed by atoms with E-state index in [-0.39, 0.29) is 6.54 Å². The molecule has 0 aliphatic carbocycles. The third-order valence-corrected chi connectivity index (χ3v) is 5.65. The summed E-state index contributed by atoms with van der Waals surface area (Å²) < 4.78 is 26.8. The summed E-state index contributed by atoms with van der Waals surface area (Å²) in [6.45, 7) is 0.728. The molecule has 0 fully saturated rings. The van der Waals surface area contributed by atoms with E-state index in [4.69, 9.17) is 19.4 Å². The third-order valence-electron chi connectivity index (χ3n) is 4.65. The highest BCUT2D eigenvalue weighted by Crippen LogP contribution is 2.28. The number of sulfonamides is 1. The Labute approximate surface area is 186 Å². The van der Waals surface area contributed by atoms with Gasteiger partial charge in [0, 0.05) is 35.9 Å². The highest BCUT2D eigenvalue weighted by Gasteiger charge is 2.12. The van der Waals surface area contributed by atoms with Crippen molar-refractivity contribution in [3.05, 3.63) is 76.9 Å². The van der Waals surface area contributed by atoms with Crippen LogP contribution < -0.4 is 15.5 Å². The first kappa shape index (κ1) is 21.4. The predicted molar refractivity (Wildman–Crippen MR) is 124 cm³/mol. The number of anilines is 1. The van der Waals surface area contributed by atoms with Gasteiger partial charge in [-0.1, -0.05) is 54.1 Å². The Balaban J connectivity index is 1.62. The highest BCUT2D eigenvalue weighted by atomic mass is 35.5. The zero-order valence-electron chi connectivity index (χ0n) is 16.7. The molecule has 0 bridgehead atoms. The Hall–Kier alpha value is -2.88. The van der Waals surface area contributed by atoms with Crippen molar-refractivity contribution in [2.45, 2.75) is 13.1 Å². The zero-order valence-corrected chi connectivity index (χ0v) is 18.3. The standard InChI is InChI=1S/C21H19BClN5O2S/c1-31(29,30)26-12-15-6-4-5-14(9-15)11-24-20-10-19(16-7-2-3-8-18(16)23)27-21-17(22)13-25-28(20)21/h2-10,13,24,26H,11-12H2,1H3. The maximum Gasteiger partial charge on any atom is 0.209 e. The molecule has 156 valence electrons. The number of rotatable bonds is 7. The first-order valence-electron chi connectivity index (χ1n) is 9.45. The highest BCUT2D eigenvalue weighted by molar-refractivity contribution is 7.88. The second kappa shape index (κ2) is 8.70. The van der Waals surface area contributed by atoms with Crippen LogP contribution in [-0.4, -0.2) is 37.1 Å². The Kier molecular flexibility index (Phi) is 6.00. The van der Waals surface area contributed by atoms with E-state index in [2.05, 4.69) is 20.1 Å². The van der Waals surface area contributed by atoms with Crippen molar-refractivity contribution in [3.8, 4) is 11.3 Å². The normalized spacial score (nSPS) is 11.7. The van der Waals surface area contributed by atoms with Crippen molar-refractivity contribution >= 4 is 46.4 Å². The number of hydrogen-bond acceptors (Lipinski definition) is 5. The first-order chi connectivity index (χ1) is 14.8. The van der Waals surface area contributed by atoms with Gasteiger partial charge in [0.15, 0.2) is 5.65 Å². The van der Waals surface area contributed by atoms with Crippen LogP contribution in [0.3, 0.4) is 0 Å². The molecule has 0 spiro atoms. The molecule has 2 N–H and O–H groups in total. The summed E-state index contributed by atoms with van der Waals surface area (Å²) in [7, 11) is 2.81. The van der Waals surface area contributed by atoms with E-state index < -0.39 is 10.0 Å². The van der Waals surface area contributed by atoms with Gasteiger partial charge in [-0.25, -0.2) is 18.1 Å². The monoisotopic (exact) mass is 451 g/mol. The van der Waals surface area contributed by atoms with Gasteiger partial charge in [0.1, 0.15) is 13.7 Å². The summed E-state index contributed by atoms with van der Waals surface area (Å²) in [6, 6.07) is 17.0. The Bertz CT molecular complexity index is 1360. The molecule has 0 saturated heterocycles. The van der Waals surface area contributed by atoms with Crippen molar-refractivity contribution in [2.24, 2.45) is 0 Å². The molecule has 0 saturated carbocycles. The van der Waals surface area contributed by atoms with Gasteiger partial charge in [0.2, 0.25) is 10.0 Å². The molecule has 7 nitrogen and oxygen atoms in total. The number of aromatic nitrogens is 3. The molecule has 0 unspecified atom stereocenters. The molecule has 2 heterocycles. The quantitative estimate of drug-likeness (QED) is 0.422. The third kappa shape index (κ3) is 5.07. The Morgan fingerprint density at radius 2 is 1.81 bits per heavy atom. The second-order valence-corrected chi connectivity index (χ2v) is 9.35. The van der Waals surface area contributed by atoms with Gasteiger partial charge in [-0.2, -0.15) is 9.61 Å². The molecule has 0 amide bonds. The molecular weight excluding hydrogens is 433 g/mol. The predicted octanol–water partition coefficient (Wildman–Crippen LogP) is 2.50. The van der Waals surface area contributed by atoms with Crippen LogP contribution in [-0.2, 0) is 23.1 Å². The van der Waals surface area contributed by atoms with Gasteiger partial charge in [-0.05, 0) is 22.7 Å². The maximum atomic E-state index is 11.3. The number of fused-ring (bicyclic) bond motifs is 1. The van der Waals surface area contributed by atoms with Gasteiger partial charge in [0.25, 0.3) is 0 Å². The first-order valence-corrected chi connectivity index (χ1v) is 11.7. The lowest BCUT2D eigenvalue weighted by atomic mass is 10.0. The minimum Gasteiger partial charge on any atom is -0.366 e. The second-order valence-electron chi connectivity index (χ2n) is 7.11. The van der Waals surface area contributed by atoms with Gasteiger partial charge in [0.05, 0.1) is 11.9 Å². The zero-order chi connectivity index (χ0) is 22.0. The van der Waals surface area contributed by atoms with E-state index in [1.807, 2.05) is 54.6 Å². The number of nitrogens with one attached hydrogen (secondary N) is 2. The lowest BCUT2D eigenvalue weighted by molar-refractivity contribution is 0.587. The molecule has 0 aliphatic rings. The maximum absolute atomic E-state index is 11.3. The average molecular weight is 452 g/mol. The van der Waals surface area contributed by atoms with Crippen LogP contribution in [0, 0.1) is 0 Å². The van der Waals surface area contributed by atoms with Gasteiger partial charge < -0.3 is 5.32 Å². The number of nitrogens with zero attached hydrogens (tertiary/aromatic N) is 3. The van der Waals surface area contributed by atoms with Crippen LogP contribution in [0.4, 0.5) is 5.82 Å². The summed E-state index contributed by atoms with van der Waals surface area (Å²) in [4.78, 5) is 4.63. The SMILES string of the molecule is [B]c1cnn2c(NCc3cccc(CNS(C)(=O)=O)c3)cc(-c3ccccc3Cl)nc12. The van der Waals surface area contributed by atoms with E-state index in [9.17, 15) is 8.42 Å². The summed E-state index contributed by atoms with van der Waals surface area (Å²) in [5, 5.41) is 8.28. The molecule has 0 aliphatic heterocycles. The van der Waals surface area contributed by atoms with Crippen LogP contribution in [0.1, 0.15) is 11.1 Å². The van der Waals surface area contributed by atoms with Crippen molar-refractivity contribution in [1.82, 2.24) is 19.3 Å². The number of benzene rings is 2. The van der Waals surface area contributed by atoms with Crippen molar-refractivity contribution in [3.63, 3.8) is 0 Å². The average Bonchev–Trinajstić information content (AvgIpc) is 3.12. The smallest absolute Gasteiger partial charge is 0.209 e. The van der Waals surface area contributed by atoms with Gasteiger partial charge in [-0.3, -0.25) is 0 Å². The molecule has 10 heteroatoms. The molecule has 2 aromatic carbocycles. The lowest BCUT2D eigenvalue weighted by Crippen LogP contribution is -2.21. The fourth-order valence-electron chi connectivity index (χ4n) is 3.17. The summed E-state index contributed by atoms with van der Waals surface area (Å²) in [5.74, 6) is 0.705. The van der Waals surface area contributed by atoms with Crippen LogP contribution in [0.15, 0.2) is 60.8 Å². The van der Waals surface area contributed by atoms with E-state index in [0.717, 1.165) is 22.9 Å². The van der Waals surface area contributed by atoms with E-state index in [0.29, 0.717) is 34.2 Å². The molecule has 2 radical (unpaired) electrons. The van der Waals surface area contributed by atoms with Crippen molar-refractivity contribution in [2.75, 3.05) is 11.6 Å². The number of halogens is 1. The minimum absolute atomic E-state index is 0.235. The van der Waals surface area contributed by atoms with E-state index >= 15 is 0 Å². The molecule has 2 aromatic heterocycles. The Morgan fingerprint density at radius 3 is 2.55 bits per heavy atom.